The first kappa shape index (κ1) is 12.5. The Morgan fingerprint density at radius 2 is 2.06 bits per heavy atom. The van der Waals surface area contributed by atoms with Gasteiger partial charge in [-0.1, -0.05) is 13.0 Å². The molecule has 86 valence electrons. The van der Waals surface area contributed by atoms with Gasteiger partial charge in [0.2, 0.25) is 0 Å². The normalized spacial score (nSPS) is 13.2. The van der Waals surface area contributed by atoms with Crippen LogP contribution in [0.15, 0.2) is 18.2 Å². The lowest BCUT2D eigenvalue weighted by Gasteiger charge is -2.13. The minimum Gasteiger partial charge on any atom is -0.324 e. The topological polar surface area (TPSA) is 49.8 Å². The van der Waals surface area contributed by atoms with E-state index in [0.29, 0.717) is 12.0 Å². The lowest BCUT2D eigenvalue weighted by molar-refractivity contribution is -0.137. The molecule has 1 aromatic rings. The summed E-state index contributed by atoms with van der Waals surface area (Å²) in [6.07, 6.45) is -3.89. The van der Waals surface area contributed by atoms with Crippen LogP contribution in [0.4, 0.5) is 13.2 Å². The molecule has 0 fully saturated rings. The van der Waals surface area contributed by atoms with Gasteiger partial charge in [-0.3, -0.25) is 0 Å². The fraction of sp³-hybridized carbons (Fsp3) is 0.364. The average molecular weight is 228 g/mol. The zero-order valence-electron chi connectivity index (χ0n) is 8.67. The highest BCUT2D eigenvalue weighted by Crippen LogP contribution is 2.32. The van der Waals surface area contributed by atoms with Crippen molar-refractivity contribution in [3.05, 3.63) is 34.9 Å². The van der Waals surface area contributed by atoms with Crippen LogP contribution < -0.4 is 5.73 Å². The third kappa shape index (κ3) is 2.52. The van der Waals surface area contributed by atoms with Gasteiger partial charge in [0.25, 0.3) is 0 Å². The molecule has 0 aliphatic carbocycles. The van der Waals surface area contributed by atoms with Gasteiger partial charge in [-0.25, -0.2) is 0 Å². The molecule has 0 aliphatic heterocycles. The molecule has 0 bridgehead atoms. The van der Waals surface area contributed by atoms with E-state index < -0.39 is 11.7 Å². The summed E-state index contributed by atoms with van der Waals surface area (Å²) in [5, 5.41) is 8.67. The largest absolute Gasteiger partial charge is 0.417 e. The van der Waals surface area contributed by atoms with Crippen molar-refractivity contribution in [2.75, 3.05) is 0 Å². The molecule has 5 heteroatoms. The molecule has 2 nitrogen and oxygen atoms in total. The third-order valence-corrected chi connectivity index (χ3v) is 2.34. The minimum atomic E-state index is -4.50. The quantitative estimate of drug-likeness (QED) is 0.845. The molecular formula is C11H11F3N2. The summed E-state index contributed by atoms with van der Waals surface area (Å²) in [6, 6.07) is 4.64. The third-order valence-electron chi connectivity index (χ3n) is 2.34. The van der Waals surface area contributed by atoms with E-state index in [9.17, 15) is 13.2 Å². The van der Waals surface area contributed by atoms with Gasteiger partial charge >= 0.3 is 6.18 Å². The lowest BCUT2D eigenvalue weighted by Crippen LogP contribution is -2.12. The van der Waals surface area contributed by atoms with Crippen LogP contribution in [-0.2, 0) is 6.18 Å². The van der Waals surface area contributed by atoms with Gasteiger partial charge in [0.15, 0.2) is 0 Å². The van der Waals surface area contributed by atoms with Crippen molar-refractivity contribution in [2.45, 2.75) is 25.6 Å². The van der Waals surface area contributed by atoms with Crippen LogP contribution in [0.5, 0.6) is 0 Å². The number of hydrogen-bond donors (Lipinski definition) is 1. The molecule has 1 atom stereocenters. The smallest absolute Gasteiger partial charge is 0.324 e. The first-order chi connectivity index (χ1) is 7.40. The molecule has 2 N–H and O–H groups in total. The number of rotatable bonds is 2. The standard InChI is InChI=1S/C11H11F3N2/c1-2-10(16)7-3-4-9(11(12,13)14)8(5-7)6-15/h3-5,10H,2,16H2,1H3/t10-/m1/s1. The molecule has 0 radical (unpaired) electrons. The summed E-state index contributed by atoms with van der Waals surface area (Å²) >= 11 is 0. The van der Waals surface area contributed by atoms with Crippen molar-refractivity contribution >= 4 is 0 Å². The van der Waals surface area contributed by atoms with Gasteiger partial charge in [-0.15, -0.1) is 0 Å². The second-order valence-electron chi connectivity index (χ2n) is 3.43. The van der Waals surface area contributed by atoms with E-state index in [4.69, 9.17) is 11.0 Å². The SMILES string of the molecule is CC[C@@H](N)c1ccc(C(F)(F)F)c(C#N)c1. The van der Waals surface area contributed by atoms with Gasteiger partial charge in [-0.2, -0.15) is 18.4 Å². The number of halogens is 3. The predicted molar refractivity (Wildman–Crippen MR) is 53.4 cm³/mol. The predicted octanol–water partition coefficient (Wildman–Crippen LogP) is 2.99. The van der Waals surface area contributed by atoms with Gasteiger partial charge in [-0.05, 0) is 24.1 Å². The van der Waals surface area contributed by atoms with Crippen molar-refractivity contribution in [3.63, 3.8) is 0 Å². The van der Waals surface area contributed by atoms with E-state index >= 15 is 0 Å². The van der Waals surface area contributed by atoms with Crippen molar-refractivity contribution in [1.82, 2.24) is 0 Å². The molecule has 0 amide bonds. The molecule has 0 aliphatic rings. The molecule has 0 saturated carbocycles. The van der Waals surface area contributed by atoms with E-state index in [1.54, 1.807) is 6.07 Å². The van der Waals surface area contributed by atoms with Crippen molar-refractivity contribution < 1.29 is 13.2 Å². The van der Waals surface area contributed by atoms with Crippen LogP contribution in [-0.4, -0.2) is 0 Å². The Labute approximate surface area is 91.5 Å². The van der Waals surface area contributed by atoms with Crippen molar-refractivity contribution in [3.8, 4) is 6.07 Å². The Hall–Kier alpha value is -1.54. The van der Waals surface area contributed by atoms with Crippen LogP contribution in [0.25, 0.3) is 0 Å². The zero-order chi connectivity index (χ0) is 12.3. The maximum absolute atomic E-state index is 12.5. The Morgan fingerprint density at radius 1 is 1.44 bits per heavy atom. The summed E-state index contributed by atoms with van der Waals surface area (Å²) < 4.78 is 37.4. The highest BCUT2D eigenvalue weighted by Gasteiger charge is 2.33. The highest BCUT2D eigenvalue weighted by atomic mass is 19.4. The Kier molecular flexibility index (Phi) is 3.55. The summed E-state index contributed by atoms with van der Waals surface area (Å²) in [4.78, 5) is 0. The Bertz CT molecular complexity index is 418. The molecule has 1 aromatic carbocycles. The number of nitrogens with zero attached hydrogens (tertiary/aromatic N) is 1. The lowest BCUT2D eigenvalue weighted by atomic mass is 9.99. The van der Waals surface area contributed by atoms with E-state index in [1.807, 2.05) is 6.92 Å². The number of alkyl halides is 3. The van der Waals surface area contributed by atoms with E-state index in [0.717, 1.165) is 6.07 Å². The summed E-state index contributed by atoms with van der Waals surface area (Å²) in [6.45, 7) is 1.83. The van der Waals surface area contributed by atoms with Crippen LogP contribution in [0.3, 0.4) is 0 Å². The minimum absolute atomic E-state index is 0.339. The number of nitriles is 1. The average Bonchev–Trinajstić information content (AvgIpc) is 2.25. The van der Waals surface area contributed by atoms with Crippen LogP contribution in [0, 0.1) is 11.3 Å². The van der Waals surface area contributed by atoms with Gasteiger partial charge < -0.3 is 5.73 Å². The maximum atomic E-state index is 12.5. The molecule has 0 spiro atoms. The molecule has 0 saturated heterocycles. The second kappa shape index (κ2) is 4.54. The second-order valence-corrected chi connectivity index (χ2v) is 3.43. The first-order valence-electron chi connectivity index (χ1n) is 4.77. The zero-order valence-corrected chi connectivity index (χ0v) is 8.67. The number of hydrogen-bond acceptors (Lipinski definition) is 2. The van der Waals surface area contributed by atoms with E-state index in [1.165, 1.54) is 12.1 Å². The Morgan fingerprint density at radius 3 is 2.50 bits per heavy atom. The van der Waals surface area contributed by atoms with Crippen molar-refractivity contribution in [1.29, 1.82) is 5.26 Å². The molecule has 16 heavy (non-hydrogen) atoms. The summed E-state index contributed by atoms with van der Waals surface area (Å²) in [7, 11) is 0. The molecule has 0 unspecified atom stereocenters. The first-order valence-corrected chi connectivity index (χ1v) is 4.77. The molecule has 0 aromatic heterocycles. The van der Waals surface area contributed by atoms with Crippen LogP contribution >= 0.6 is 0 Å². The fourth-order valence-corrected chi connectivity index (χ4v) is 1.37. The highest BCUT2D eigenvalue weighted by molar-refractivity contribution is 5.43. The van der Waals surface area contributed by atoms with Gasteiger partial charge in [0.05, 0.1) is 17.2 Å². The van der Waals surface area contributed by atoms with Gasteiger partial charge in [0.1, 0.15) is 0 Å². The summed E-state index contributed by atoms with van der Waals surface area (Å²) in [5.41, 5.74) is 4.94. The summed E-state index contributed by atoms with van der Waals surface area (Å²) in [5.74, 6) is 0. The molecule has 0 heterocycles. The van der Waals surface area contributed by atoms with Gasteiger partial charge in [0, 0.05) is 6.04 Å². The van der Waals surface area contributed by atoms with Crippen molar-refractivity contribution in [2.24, 2.45) is 5.73 Å². The molecule has 1 rings (SSSR count). The van der Waals surface area contributed by atoms with E-state index in [2.05, 4.69) is 0 Å². The number of nitrogens with two attached hydrogens (primary N) is 1. The van der Waals surface area contributed by atoms with E-state index in [-0.39, 0.29) is 11.6 Å². The molecular weight excluding hydrogens is 217 g/mol. The monoisotopic (exact) mass is 228 g/mol. The Balaban J connectivity index is 3.24. The van der Waals surface area contributed by atoms with Crippen LogP contribution in [0.1, 0.15) is 36.1 Å². The fourth-order valence-electron chi connectivity index (χ4n) is 1.37. The number of benzene rings is 1. The maximum Gasteiger partial charge on any atom is 0.417 e. The van der Waals surface area contributed by atoms with Crippen LogP contribution in [0.2, 0.25) is 0 Å².